The van der Waals surface area contributed by atoms with Gasteiger partial charge in [0.1, 0.15) is 0 Å². The van der Waals surface area contributed by atoms with Gasteiger partial charge in [0.15, 0.2) is 0 Å². The molecule has 1 spiro atoms. The molecular formula is C15H23ClN4O. The van der Waals surface area contributed by atoms with E-state index in [9.17, 15) is 0 Å². The van der Waals surface area contributed by atoms with Crippen molar-refractivity contribution in [1.82, 2.24) is 15.0 Å². The molecule has 116 valence electrons. The molecule has 1 aromatic rings. The number of rotatable bonds is 4. The minimum absolute atomic E-state index is 0.215. The van der Waals surface area contributed by atoms with Crippen LogP contribution in [0.4, 0.5) is 5.95 Å². The lowest BCUT2D eigenvalue weighted by Gasteiger charge is -2.39. The molecule has 3 rings (SSSR count). The zero-order chi connectivity index (χ0) is 14.7. The average molecular weight is 311 g/mol. The van der Waals surface area contributed by atoms with Gasteiger partial charge in [-0.2, -0.15) is 15.0 Å². The molecule has 1 aromatic heterocycles. The second-order valence-corrected chi connectivity index (χ2v) is 6.57. The average Bonchev–Trinajstić information content (AvgIpc) is 2.93. The Balaban J connectivity index is 1.68. The van der Waals surface area contributed by atoms with Crippen LogP contribution >= 0.6 is 11.6 Å². The maximum absolute atomic E-state index is 6.00. The molecule has 1 saturated heterocycles. The molecule has 2 fully saturated rings. The third-order valence-corrected chi connectivity index (χ3v) is 4.95. The van der Waals surface area contributed by atoms with Gasteiger partial charge >= 0.3 is 6.01 Å². The van der Waals surface area contributed by atoms with Crippen molar-refractivity contribution >= 4 is 17.5 Å². The topological polar surface area (TPSA) is 51.1 Å². The van der Waals surface area contributed by atoms with E-state index in [4.69, 9.17) is 16.3 Å². The van der Waals surface area contributed by atoms with E-state index in [1.54, 1.807) is 0 Å². The highest BCUT2D eigenvalue weighted by molar-refractivity contribution is 6.28. The van der Waals surface area contributed by atoms with E-state index in [2.05, 4.69) is 26.8 Å². The van der Waals surface area contributed by atoms with Crippen LogP contribution in [-0.2, 0) is 0 Å². The smallest absolute Gasteiger partial charge is 0.322 e. The predicted molar refractivity (Wildman–Crippen MR) is 83.0 cm³/mol. The van der Waals surface area contributed by atoms with Gasteiger partial charge in [0.05, 0.1) is 6.61 Å². The number of hydrogen-bond donors (Lipinski definition) is 0. The van der Waals surface area contributed by atoms with E-state index in [0.29, 0.717) is 24.0 Å². The van der Waals surface area contributed by atoms with Gasteiger partial charge < -0.3 is 9.64 Å². The maximum atomic E-state index is 6.00. The molecule has 2 heterocycles. The van der Waals surface area contributed by atoms with E-state index in [0.717, 1.165) is 19.5 Å². The Hall–Kier alpha value is -1.10. The third kappa shape index (κ3) is 3.39. The molecular weight excluding hydrogens is 288 g/mol. The highest BCUT2D eigenvalue weighted by atomic mass is 35.5. The summed E-state index contributed by atoms with van der Waals surface area (Å²) in [7, 11) is 0. The van der Waals surface area contributed by atoms with Gasteiger partial charge in [0, 0.05) is 13.1 Å². The van der Waals surface area contributed by atoms with Gasteiger partial charge in [-0.1, -0.05) is 19.8 Å². The van der Waals surface area contributed by atoms with Crippen LogP contribution in [0.25, 0.3) is 0 Å². The second kappa shape index (κ2) is 6.34. The van der Waals surface area contributed by atoms with Gasteiger partial charge in [0.2, 0.25) is 11.2 Å². The number of aromatic nitrogens is 3. The van der Waals surface area contributed by atoms with Crippen molar-refractivity contribution in [2.75, 3.05) is 24.6 Å². The summed E-state index contributed by atoms with van der Waals surface area (Å²) in [5.74, 6) is 0.661. The van der Waals surface area contributed by atoms with Gasteiger partial charge in [-0.25, -0.2) is 0 Å². The second-order valence-electron chi connectivity index (χ2n) is 6.23. The summed E-state index contributed by atoms with van der Waals surface area (Å²) < 4.78 is 5.49. The minimum Gasteiger partial charge on any atom is -0.463 e. The van der Waals surface area contributed by atoms with Crippen LogP contribution in [-0.4, -0.2) is 34.6 Å². The van der Waals surface area contributed by atoms with Crippen molar-refractivity contribution in [3.05, 3.63) is 5.28 Å². The molecule has 0 amide bonds. The fraction of sp³-hybridized carbons (Fsp3) is 0.800. The molecule has 0 bridgehead atoms. The molecule has 0 atom stereocenters. The number of piperidine rings is 1. The highest BCUT2D eigenvalue weighted by Gasteiger charge is 2.37. The monoisotopic (exact) mass is 310 g/mol. The van der Waals surface area contributed by atoms with Crippen molar-refractivity contribution in [3.63, 3.8) is 0 Å². The summed E-state index contributed by atoms with van der Waals surface area (Å²) in [6, 6.07) is 0.341. The summed E-state index contributed by atoms with van der Waals surface area (Å²) in [6.45, 7) is 4.67. The van der Waals surface area contributed by atoms with Crippen molar-refractivity contribution in [1.29, 1.82) is 0 Å². The standard InChI is InChI=1S/C15H23ClN4O/c1-2-11-21-14-18-12(16)17-13(19-14)20-9-7-15(8-10-20)5-3-4-6-15/h2-11H2,1H3. The van der Waals surface area contributed by atoms with Crippen LogP contribution in [0.1, 0.15) is 51.9 Å². The van der Waals surface area contributed by atoms with Crippen molar-refractivity contribution in [3.8, 4) is 6.01 Å². The third-order valence-electron chi connectivity index (χ3n) is 4.78. The van der Waals surface area contributed by atoms with Gasteiger partial charge in [-0.05, 0) is 49.1 Å². The van der Waals surface area contributed by atoms with Crippen LogP contribution in [0, 0.1) is 5.41 Å². The number of ether oxygens (including phenoxy) is 1. The van der Waals surface area contributed by atoms with Crippen molar-refractivity contribution in [2.24, 2.45) is 5.41 Å². The summed E-state index contributed by atoms with van der Waals surface area (Å²) in [6.07, 6.45) is 8.97. The first kappa shape index (κ1) is 14.8. The SMILES string of the molecule is CCCOc1nc(Cl)nc(N2CCC3(CCCC3)CC2)n1. The van der Waals surface area contributed by atoms with Crippen LogP contribution < -0.4 is 9.64 Å². The summed E-state index contributed by atoms with van der Waals surface area (Å²) in [5.41, 5.74) is 0.592. The van der Waals surface area contributed by atoms with E-state index >= 15 is 0 Å². The summed E-state index contributed by atoms with van der Waals surface area (Å²) in [5, 5.41) is 0.215. The largest absolute Gasteiger partial charge is 0.463 e. The van der Waals surface area contributed by atoms with E-state index in [1.807, 2.05) is 0 Å². The lowest BCUT2D eigenvalue weighted by atomic mass is 9.77. The zero-order valence-corrected chi connectivity index (χ0v) is 13.4. The Labute approximate surface area is 131 Å². The zero-order valence-electron chi connectivity index (χ0n) is 12.6. The number of anilines is 1. The fourth-order valence-electron chi connectivity index (χ4n) is 3.53. The number of hydrogen-bond acceptors (Lipinski definition) is 5. The quantitative estimate of drug-likeness (QED) is 0.852. The predicted octanol–water partition coefficient (Wildman–Crippen LogP) is 3.47. The Morgan fingerprint density at radius 2 is 1.81 bits per heavy atom. The number of nitrogens with zero attached hydrogens (tertiary/aromatic N) is 4. The van der Waals surface area contributed by atoms with Crippen LogP contribution in [0.2, 0.25) is 5.28 Å². The first-order chi connectivity index (χ1) is 10.2. The Morgan fingerprint density at radius 1 is 1.10 bits per heavy atom. The van der Waals surface area contributed by atoms with E-state index in [-0.39, 0.29) is 5.28 Å². The Morgan fingerprint density at radius 3 is 2.48 bits per heavy atom. The van der Waals surface area contributed by atoms with Gasteiger partial charge in [0.25, 0.3) is 0 Å². The molecule has 1 aliphatic heterocycles. The van der Waals surface area contributed by atoms with Crippen molar-refractivity contribution < 1.29 is 4.74 Å². The number of halogens is 1. The molecule has 0 N–H and O–H groups in total. The molecule has 5 nitrogen and oxygen atoms in total. The van der Waals surface area contributed by atoms with Gasteiger partial charge in [-0.15, -0.1) is 0 Å². The van der Waals surface area contributed by atoms with E-state index in [1.165, 1.54) is 38.5 Å². The minimum atomic E-state index is 0.215. The maximum Gasteiger partial charge on any atom is 0.322 e. The Kier molecular flexibility index (Phi) is 4.48. The molecule has 0 unspecified atom stereocenters. The summed E-state index contributed by atoms with van der Waals surface area (Å²) in [4.78, 5) is 14.9. The van der Waals surface area contributed by atoms with E-state index < -0.39 is 0 Å². The van der Waals surface area contributed by atoms with Crippen LogP contribution in [0.15, 0.2) is 0 Å². The molecule has 1 saturated carbocycles. The lowest BCUT2D eigenvalue weighted by molar-refractivity contribution is 0.225. The molecule has 2 aliphatic rings. The van der Waals surface area contributed by atoms with Crippen molar-refractivity contribution in [2.45, 2.75) is 51.9 Å². The molecule has 6 heteroatoms. The molecule has 1 aliphatic carbocycles. The Bertz CT molecular complexity index is 481. The first-order valence-corrected chi connectivity index (χ1v) is 8.38. The highest BCUT2D eigenvalue weighted by Crippen LogP contribution is 2.46. The lowest BCUT2D eigenvalue weighted by Crippen LogP contribution is -2.39. The normalized spacial score (nSPS) is 21.0. The molecule has 21 heavy (non-hydrogen) atoms. The fourth-order valence-corrected chi connectivity index (χ4v) is 3.68. The molecule has 0 aromatic carbocycles. The van der Waals surface area contributed by atoms with Gasteiger partial charge in [-0.3, -0.25) is 0 Å². The van der Waals surface area contributed by atoms with Crippen LogP contribution in [0.3, 0.4) is 0 Å². The van der Waals surface area contributed by atoms with Crippen LogP contribution in [0.5, 0.6) is 6.01 Å². The summed E-state index contributed by atoms with van der Waals surface area (Å²) >= 11 is 6.00. The first-order valence-electron chi connectivity index (χ1n) is 8.00. The molecule has 0 radical (unpaired) electrons.